The van der Waals surface area contributed by atoms with Gasteiger partial charge in [0.2, 0.25) is 0 Å². The van der Waals surface area contributed by atoms with E-state index in [-0.39, 0.29) is 32.3 Å². The van der Waals surface area contributed by atoms with Crippen LogP contribution in [0, 0.1) is 0 Å². The molecule has 0 saturated carbocycles. The van der Waals surface area contributed by atoms with E-state index in [0.717, 1.165) is 0 Å². The zero-order valence-electron chi connectivity index (χ0n) is 28.3. The molecular formula is C42H30N6O6. The van der Waals surface area contributed by atoms with Crippen LogP contribution in [-0.4, -0.2) is 29.9 Å². The van der Waals surface area contributed by atoms with Crippen LogP contribution in [0.4, 0.5) is 0 Å². The van der Waals surface area contributed by atoms with E-state index >= 15 is 0 Å². The second kappa shape index (κ2) is 15.2. The minimum absolute atomic E-state index is 0.218. The van der Waals surface area contributed by atoms with Gasteiger partial charge in [-0.15, -0.1) is 0 Å². The van der Waals surface area contributed by atoms with Gasteiger partial charge in [-0.05, 0) is 109 Å². The Hall–Kier alpha value is -7.86. The predicted octanol–water partition coefficient (Wildman–Crippen LogP) is 5.80. The third kappa shape index (κ3) is 8.19. The van der Waals surface area contributed by atoms with E-state index in [2.05, 4.69) is 29.9 Å². The molecule has 0 atom stereocenters. The first-order chi connectivity index (χ1) is 26.2. The summed E-state index contributed by atoms with van der Waals surface area (Å²) >= 11 is 0. The fraction of sp³-hybridized carbons (Fsp3) is 0. The van der Waals surface area contributed by atoms with E-state index in [4.69, 9.17) is 0 Å². The van der Waals surface area contributed by atoms with E-state index in [1.165, 1.54) is 18.2 Å². The summed E-state index contributed by atoms with van der Waals surface area (Å²) in [5.74, 6) is 0. The number of nitrogens with one attached hydrogen (secondary N) is 6. The van der Waals surface area contributed by atoms with Crippen LogP contribution in [0.15, 0.2) is 174 Å². The molecule has 0 unspecified atom stereocenters. The highest BCUT2D eigenvalue weighted by molar-refractivity contribution is 5.70. The molecule has 12 bridgehead atoms. The topological polar surface area (TPSA) is 197 Å². The van der Waals surface area contributed by atoms with Gasteiger partial charge in [-0.3, -0.25) is 28.8 Å². The number of hydrogen-bond acceptors (Lipinski definition) is 6. The number of aromatic nitrogens is 6. The second-order valence-corrected chi connectivity index (χ2v) is 12.2. The molecule has 0 aliphatic rings. The van der Waals surface area contributed by atoms with Crippen LogP contribution in [0.3, 0.4) is 0 Å². The molecule has 0 aliphatic heterocycles. The number of fused-ring (bicyclic) bond motifs is 12. The predicted molar refractivity (Wildman–Crippen MR) is 215 cm³/mol. The lowest BCUT2D eigenvalue weighted by molar-refractivity contribution is 1.30. The van der Waals surface area contributed by atoms with Crippen molar-refractivity contribution >= 4 is 65.4 Å². The van der Waals surface area contributed by atoms with Gasteiger partial charge >= 0.3 is 0 Å². The fourth-order valence-electron chi connectivity index (χ4n) is 5.65. The van der Waals surface area contributed by atoms with Crippen molar-refractivity contribution in [2.75, 3.05) is 0 Å². The van der Waals surface area contributed by atoms with Crippen molar-refractivity contribution in [3.8, 4) is 0 Å². The number of hydrogen-bond donors (Lipinski definition) is 6. The molecule has 7 aromatic rings. The Bertz CT molecular complexity index is 2780. The lowest BCUT2D eigenvalue weighted by atomic mass is 10.2. The lowest BCUT2D eigenvalue weighted by Gasteiger charge is -1.94. The molecule has 7 rings (SSSR count). The highest BCUT2D eigenvalue weighted by Gasteiger charge is 1.98. The summed E-state index contributed by atoms with van der Waals surface area (Å²) in [6, 6.07) is 38.1. The lowest BCUT2D eigenvalue weighted by Crippen LogP contribution is -2.07. The van der Waals surface area contributed by atoms with Crippen LogP contribution in [0.25, 0.3) is 65.4 Å². The van der Waals surface area contributed by atoms with Gasteiger partial charge in [0.15, 0.2) is 0 Å². The maximum Gasteiger partial charge on any atom is 0.255 e. The van der Waals surface area contributed by atoms with Gasteiger partial charge in [-0.2, -0.15) is 0 Å². The van der Waals surface area contributed by atoms with Crippen molar-refractivity contribution in [3.63, 3.8) is 0 Å². The van der Waals surface area contributed by atoms with Crippen molar-refractivity contribution in [1.82, 2.24) is 29.9 Å². The Morgan fingerprint density at radius 2 is 0.389 bits per heavy atom. The molecular weight excluding hydrogens is 684 g/mol. The number of aromatic amines is 6. The van der Waals surface area contributed by atoms with E-state index < -0.39 is 33.4 Å². The van der Waals surface area contributed by atoms with E-state index in [1.807, 2.05) is 0 Å². The van der Waals surface area contributed by atoms with Gasteiger partial charge in [0.1, 0.15) is 0 Å². The second-order valence-electron chi connectivity index (χ2n) is 12.2. The van der Waals surface area contributed by atoms with Crippen LogP contribution in [0.1, 0.15) is 0 Å². The quantitative estimate of drug-likeness (QED) is 0.115. The van der Waals surface area contributed by atoms with E-state index in [9.17, 15) is 28.8 Å². The molecule has 6 N–H and O–H groups in total. The van der Waals surface area contributed by atoms with Gasteiger partial charge in [0, 0.05) is 65.4 Å². The summed E-state index contributed by atoms with van der Waals surface area (Å²) in [5, 5.41) is 1.31. The Balaban J connectivity index is 1.52. The van der Waals surface area contributed by atoms with E-state index in [1.54, 1.807) is 127 Å². The molecule has 54 heavy (non-hydrogen) atoms. The van der Waals surface area contributed by atoms with Gasteiger partial charge in [0.25, 0.3) is 33.4 Å². The minimum atomic E-state index is -0.483. The third-order valence-corrected chi connectivity index (χ3v) is 8.30. The average molecular weight is 715 g/mol. The van der Waals surface area contributed by atoms with Crippen LogP contribution in [-0.2, 0) is 0 Å². The molecule has 264 valence electrons. The normalized spacial score (nSPS) is 10.7. The fourth-order valence-corrected chi connectivity index (χ4v) is 5.65. The largest absolute Gasteiger partial charge is 0.322 e. The molecule has 0 amide bonds. The molecule has 1 heterocycles. The Kier molecular flexibility index (Phi) is 9.72. The number of rotatable bonds is 0. The summed E-state index contributed by atoms with van der Waals surface area (Å²) in [6.45, 7) is 0. The van der Waals surface area contributed by atoms with Gasteiger partial charge in [-0.25, -0.2) is 0 Å². The number of benzene rings is 6. The molecule has 6 aromatic carbocycles. The SMILES string of the molecule is O=c1[nH]c2cccc(c2)[nH]c(=O)c2cccc(c2)c(=O)[nH]c2cccc(c2)[nH]c(=O)c2cccc(c2)c(=O)[nH]c2cccc(c2)[nH]c(=O)c2cccc1c2. The zero-order valence-corrected chi connectivity index (χ0v) is 28.3. The van der Waals surface area contributed by atoms with Crippen LogP contribution in [0.5, 0.6) is 0 Å². The molecule has 0 spiro atoms. The first-order valence-electron chi connectivity index (χ1n) is 16.7. The summed E-state index contributed by atoms with van der Waals surface area (Å²) in [6.07, 6.45) is 0. The number of H-pyrrole nitrogens is 6. The van der Waals surface area contributed by atoms with Crippen molar-refractivity contribution < 1.29 is 0 Å². The molecule has 12 heteroatoms. The van der Waals surface area contributed by atoms with Crippen molar-refractivity contribution in [1.29, 1.82) is 0 Å². The highest BCUT2D eigenvalue weighted by Crippen LogP contribution is 2.06. The summed E-state index contributed by atoms with van der Waals surface area (Å²) < 4.78 is 0. The Morgan fingerprint density at radius 3 is 0.574 bits per heavy atom. The average Bonchev–Trinajstić information content (AvgIpc) is 3.18. The minimum Gasteiger partial charge on any atom is -0.322 e. The summed E-state index contributed by atoms with van der Waals surface area (Å²) in [4.78, 5) is 96.1. The van der Waals surface area contributed by atoms with Gasteiger partial charge in [0.05, 0.1) is 0 Å². The highest BCUT2D eigenvalue weighted by atomic mass is 16.1. The maximum atomic E-state index is 13.2. The molecule has 0 saturated heterocycles. The van der Waals surface area contributed by atoms with Crippen LogP contribution >= 0.6 is 0 Å². The summed E-state index contributed by atoms with van der Waals surface area (Å²) in [5.41, 5.74) is -0.540. The molecule has 12 nitrogen and oxygen atoms in total. The Labute approximate surface area is 302 Å². The molecule has 1 aromatic heterocycles. The smallest absolute Gasteiger partial charge is 0.255 e. The van der Waals surface area contributed by atoms with Crippen LogP contribution in [0.2, 0.25) is 0 Å². The summed E-state index contributed by atoms with van der Waals surface area (Å²) in [7, 11) is 0. The van der Waals surface area contributed by atoms with Crippen molar-refractivity contribution in [2.45, 2.75) is 0 Å². The van der Waals surface area contributed by atoms with Gasteiger partial charge < -0.3 is 29.9 Å². The first-order valence-corrected chi connectivity index (χ1v) is 16.7. The maximum absolute atomic E-state index is 13.2. The van der Waals surface area contributed by atoms with Crippen molar-refractivity contribution in [3.05, 3.63) is 208 Å². The van der Waals surface area contributed by atoms with E-state index in [0.29, 0.717) is 33.1 Å². The first kappa shape index (κ1) is 34.6. The monoisotopic (exact) mass is 714 g/mol. The third-order valence-electron chi connectivity index (χ3n) is 8.30. The van der Waals surface area contributed by atoms with Crippen molar-refractivity contribution in [2.24, 2.45) is 0 Å². The van der Waals surface area contributed by atoms with Gasteiger partial charge in [-0.1, -0.05) is 36.4 Å². The molecule has 0 fully saturated rings. The Morgan fingerprint density at radius 1 is 0.222 bits per heavy atom. The standard InChI is InChI=1S/C42H30N6O6/c49-37-25-7-1-8-26(19-25)38(50)44-32-14-5-16-34(23-32)46-40(52)28-10-3-12-30(21-28)42(54)48-36-18-6-17-35(24-36)47-41(53)29-11-2-9-27(20-29)39(51)45-33-15-4-13-31(22-33)43-37/h1-24H,(H,43,49)(H,44,50)(H,45,51)(H,46,52)(H,47,53)(H,48,54). The van der Waals surface area contributed by atoms with Crippen LogP contribution < -0.4 is 33.4 Å². The molecule has 0 aliphatic carbocycles. The zero-order chi connectivity index (χ0) is 37.6. The molecule has 0 radical (unpaired) electrons.